The fraction of sp³-hybridized carbons (Fsp3) is 0.448. The molecule has 0 aliphatic carbocycles. The summed E-state index contributed by atoms with van der Waals surface area (Å²) in [5, 5.41) is 10.4. The van der Waals surface area contributed by atoms with Crippen molar-refractivity contribution in [3.05, 3.63) is 77.5 Å². The van der Waals surface area contributed by atoms with E-state index in [1.165, 1.54) is 11.1 Å². The number of β-amino-alcohol motifs (C(OH)–C–C–N with tert-alkyl or cyclic N) is 1. The van der Waals surface area contributed by atoms with Crippen LogP contribution in [0.4, 0.5) is 5.82 Å². The molecule has 0 unspecified atom stereocenters. The zero-order chi connectivity index (χ0) is 24.6. The normalized spacial score (nSPS) is 15.5. The fourth-order valence-electron chi connectivity index (χ4n) is 4.50. The number of anilines is 1. The van der Waals surface area contributed by atoms with Gasteiger partial charge in [0.25, 0.3) is 0 Å². The molecule has 0 bridgehead atoms. The van der Waals surface area contributed by atoms with E-state index in [4.69, 9.17) is 14.7 Å². The Morgan fingerprint density at radius 3 is 2.20 bits per heavy atom. The van der Waals surface area contributed by atoms with Gasteiger partial charge < -0.3 is 14.7 Å². The van der Waals surface area contributed by atoms with E-state index in [9.17, 15) is 5.11 Å². The second kappa shape index (κ2) is 12.2. The zero-order valence-electron chi connectivity index (χ0n) is 21.2. The Hall–Kier alpha value is -2.80. The summed E-state index contributed by atoms with van der Waals surface area (Å²) in [4.78, 5) is 14.7. The number of aromatic nitrogens is 2. The van der Waals surface area contributed by atoms with Crippen LogP contribution in [0.15, 0.2) is 60.7 Å². The highest BCUT2D eigenvalue weighted by molar-refractivity contribution is 5.61. The number of ether oxygens (including phenoxy) is 1. The molecule has 1 saturated heterocycles. The molecular weight excluding hydrogens is 436 g/mol. The van der Waals surface area contributed by atoms with Gasteiger partial charge in [-0.25, -0.2) is 9.97 Å². The van der Waals surface area contributed by atoms with Crippen molar-refractivity contribution in [2.45, 2.75) is 33.3 Å². The van der Waals surface area contributed by atoms with Crippen LogP contribution in [0.1, 0.15) is 30.7 Å². The van der Waals surface area contributed by atoms with E-state index in [1.54, 1.807) is 0 Å². The first-order chi connectivity index (χ1) is 17.0. The summed E-state index contributed by atoms with van der Waals surface area (Å²) in [6, 6.07) is 20.7. The molecule has 2 aromatic carbocycles. The van der Waals surface area contributed by atoms with E-state index in [0.717, 1.165) is 55.5 Å². The van der Waals surface area contributed by atoms with Crippen molar-refractivity contribution in [1.82, 2.24) is 14.9 Å². The molecule has 0 saturated carbocycles. The van der Waals surface area contributed by atoms with Gasteiger partial charge in [-0.2, -0.15) is 0 Å². The maximum Gasteiger partial charge on any atom is 0.161 e. The van der Waals surface area contributed by atoms with Crippen LogP contribution in [0.3, 0.4) is 0 Å². The molecule has 0 amide bonds. The van der Waals surface area contributed by atoms with Crippen molar-refractivity contribution in [3.63, 3.8) is 0 Å². The van der Waals surface area contributed by atoms with Crippen molar-refractivity contribution in [1.29, 1.82) is 0 Å². The Bertz CT molecular complexity index is 1050. The van der Waals surface area contributed by atoms with Gasteiger partial charge >= 0.3 is 0 Å². The third-order valence-corrected chi connectivity index (χ3v) is 6.35. The number of benzene rings is 2. The van der Waals surface area contributed by atoms with E-state index < -0.39 is 6.10 Å². The lowest BCUT2D eigenvalue weighted by Gasteiger charge is -2.37. The monoisotopic (exact) mass is 474 g/mol. The minimum absolute atomic E-state index is 0.394. The van der Waals surface area contributed by atoms with Crippen LogP contribution < -0.4 is 4.90 Å². The fourth-order valence-corrected chi connectivity index (χ4v) is 4.50. The van der Waals surface area contributed by atoms with E-state index in [2.05, 4.69) is 67.0 Å². The molecule has 0 radical (unpaired) electrons. The molecule has 1 N–H and O–H groups in total. The van der Waals surface area contributed by atoms with Crippen molar-refractivity contribution in [2.75, 3.05) is 50.8 Å². The van der Waals surface area contributed by atoms with Crippen LogP contribution in [0, 0.1) is 12.8 Å². The van der Waals surface area contributed by atoms with Gasteiger partial charge in [-0.1, -0.05) is 74.5 Å². The lowest BCUT2D eigenvalue weighted by Crippen LogP contribution is -2.49. The molecule has 1 aliphatic rings. The smallest absolute Gasteiger partial charge is 0.161 e. The Morgan fingerprint density at radius 2 is 1.54 bits per heavy atom. The molecule has 4 rings (SSSR count). The SMILES string of the molecule is Cc1nc(-c2ccccc2)nc(N2CCN(C[C@@H](O)COCC(C)C)CC2)c1Cc1ccccc1. The molecule has 6 heteroatoms. The lowest BCUT2D eigenvalue weighted by atomic mass is 10.0. The average Bonchev–Trinajstić information content (AvgIpc) is 2.86. The molecule has 186 valence electrons. The largest absolute Gasteiger partial charge is 0.389 e. The first-order valence-electron chi connectivity index (χ1n) is 12.7. The second-order valence-electron chi connectivity index (χ2n) is 9.84. The predicted molar refractivity (Wildman–Crippen MR) is 142 cm³/mol. The van der Waals surface area contributed by atoms with Crippen molar-refractivity contribution in [2.24, 2.45) is 5.92 Å². The minimum Gasteiger partial charge on any atom is -0.389 e. The average molecular weight is 475 g/mol. The van der Waals surface area contributed by atoms with Gasteiger partial charge in [0.15, 0.2) is 5.82 Å². The number of hydrogen-bond donors (Lipinski definition) is 1. The van der Waals surface area contributed by atoms with Gasteiger partial charge in [0.1, 0.15) is 5.82 Å². The van der Waals surface area contributed by atoms with E-state index in [-0.39, 0.29) is 0 Å². The van der Waals surface area contributed by atoms with Gasteiger partial charge in [-0.15, -0.1) is 0 Å². The first-order valence-corrected chi connectivity index (χ1v) is 12.7. The van der Waals surface area contributed by atoms with Crippen LogP contribution in [0.5, 0.6) is 0 Å². The number of hydrogen-bond acceptors (Lipinski definition) is 6. The van der Waals surface area contributed by atoms with Crippen LogP contribution in [0.2, 0.25) is 0 Å². The van der Waals surface area contributed by atoms with Crippen molar-refractivity contribution < 1.29 is 9.84 Å². The Morgan fingerprint density at radius 1 is 0.886 bits per heavy atom. The highest BCUT2D eigenvalue weighted by Crippen LogP contribution is 2.28. The third-order valence-electron chi connectivity index (χ3n) is 6.35. The molecule has 2 heterocycles. The molecule has 3 aromatic rings. The molecule has 1 aromatic heterocycles. The van der Waals surface area contributed by atoms with E-state index >= 15 is 0 Å². The Kier molecular flexibility index (Phi) is 8.85. The summed E-state index contributed by atoms with van der Waals surface area (Å²) < 4.78 is 5.63. The first kappa shape index (κ1) is 25.3. The highest BCUT2D eigenvalue weighted by Gasteiger charge is 2.24. The quantitative estimate of drug-likeness (QED) is 0.475. The summed E-state index contributed by atoms with van der Waals surface area (Å²) in [5.74, 6) is 2.28. The number of aliphatic hydroxyl groups excluding tert-OH is 1. The number of aryl methyl sites for hydroxylation is 1. The molecule has 35 heavy (non-hydrogen) atoms. The van der Waals surface area contributed by atoms with Crippen LogP contribution in [0.25, 0.3) is 11.4 Å². The summed E-state index contributed by atoms with van der Waals surface area (Å²) in [5.41, 5.74) is 4.51. The Labute approximate surface area is 209 Å². The minimum atomic E-state index is -0.458. The number of nitrogens with zero attached hydrogens (tertiary/aromatic N) is 4. The van der Waals surface area contributed by atoms with Gasteiger partial charge in [0.05, 0.1) is 12.7 Å². The van der Waals surface area contributed by atoms with Gasteiger partial charge in [-0.05, 0) is 18.4 Å². The van der Waals surface area contributed by atoms with Gasteiger partial charge in [0.2, 0.25) is 0 Å². The molecule has 1 fully saturated rings. The molecule has 1 aliphatic heterocycles. The topological polar surface area (TPSA) is 61.7 Å². The van der Waals surface area contributed by atoms with Crippen molar-refractivity contribution in [3.8, 4) is 11.4 Å². The number of piperazine rings is 1. The number of aliphatic hydroxyl groups is 1. The maximum absolute atomic E-state index is 10.4. The summed E-state index contributed by atoms with van der Waals surface area (Å²) in [6.07, 6.45) is 0.350. The van der Waals surface area contributed by atoms with E-state index in [0.29, 0.717) is 25.7 Å². The predicted octanol–water partition coefficient (Wildman–Crippen LogP) is 4.20. The maximum atomic E-state index is 10.4. The summed E-state index contributed by atoms with van der Waals surface area (Å²) >= 11 is 0. The van der Waals surface area contributed by atoms with Gasteiger partial charge in [-0.3, -0.25) is 4.90 Å². The summed E-state index contributed by atoms with van der Waals surface area (Å²) in [7, 11) is 0. The Balaban J connectivity index is 1.50. The van der Waals surface area contributed by atoms with E-state index in [1.807, 2.05) is 24.3 Å². The van der Waals surface area contributed by atoms with Crippen LogP contribution in [-0.4, -0.2) is 72.0 Å². The van der Waals surface area contributed by atoms with Crippen molar-refractivity contribution >= 4 is 5.82 Å². The highest BCUT2D eigenvalue weighted by atomic mass is 16.5. The van der Waals surface area contributed by atoms with Gasteiger partial charge in [0, 0.05) is 62.6 Å². The molecule has 0 spiro atoms. The second-order valence-corrected chi connectivity index (χ2v) is 9.84. The number of rotatable bonds is 10. The van der Waals surface area contributed by atoms with Crippen LogP contribution >= 0.6 is 0 Å². The standard InChI is InChI=1S/C29H38N4O2/c1-22(2)20-35-21-26(34)19-32-14-16-33(17-15-32)29-27(18-24-10-6-4-7-11-24)23(3)30-28(31-29)25-12-8-5-9-13-25/h4-13,22,26,34H,14-21H2,1-3H3/t26-/m1/s1. The zero-order valence-corrected chi connectivity index (χ0v) is 21.2. The summed E-state index contributed by atoms with van der Waals surface area (Å²) in [6.45, 7) is 11.6. The lowest BCUT2D eigenvalue weighted by molar-refractivity contribution is 0.00745. The third kappa shape index (κ3) is 7.10. The molecule has 1 atom stereocenters. The molecular formula is C29H38N4O2. The van der Waals surface area contributed by atoms with Crippen LogP contribution in [-0.2, 0) is 11.2 Å². The molecule has 6 nitrogen and oxygen atoms in total.